The average Bonchev–Trinajstić information content (AvgIpc) is 3.21. The Labute approximate surface area is 393 Å². The number of cyclic esters (lactones) is 1. The maximum atomic E-state index is 14.4. The molecule has 9 atom stereocenters. The molecule has 3 heterocycles. The highest BCUT2D eigenvalue weighted by molar-refractivity contribution is 6.74. The first-order valence-electron chi connectivity index (χ1n) is 23.7. The van der Waals surface area contributed by atoms with Gasteiger partial charge in [-0.2, -0.15) is 0 Å². The Morgan fingerprint density at radius 1 is 0.908 bits per heavy atom. The summed E-state index contributed by atoms with van der Waals surface area (Å²) in [5.74, 6) is 3.45. The average molecular weight is 949 g/mol. The van der Waals surface area contributed by atoms with Crippen molar-refractivity contribution in [2.45, 2.75) is 218 Å². The van der Waals surface area contributed by atoms with Crippen LogP contribution >= 0.6 is 0 Å². The lowest BCUT2D eigenvalue weighted by Gasteiger charge is -2.55. The first-order chi connectivity index (χ1) is 30.1. The van der Waals surface area contributed by atoms with Crippen LogP contribution in [0.25, 0.3) is 0 Å². The number of methoxy groups -OCH3 is 3. The van der Waals surface area contributed by atoms with Gasteiger partial charge in [-0.1, -0.05) is 85.0 Å². The Bertz CT molecular complexity index is 1760. The largest absolute Gasteiger partial charge is 0.466 e. The second-order valence-electron chi connectivity index (χ2n) is 21.1. The zero-order valence-corrected chi connectivity index (χ0v) is 44.6. The second kappa shape index (κ2) is 23.6. The van der Waals surface area contributed by atoms with Gasteiger partial charge in [-0.15, -0.1) is 0 Å². The standard InChI is InChI=1S/C50H84O13Si2/c1-17-65(18-2,19-3)63-40-30-39-31-43(52)49(10,11)50(58-14,61-39)33-41-26-36(28-45(54)57-13)25-38(59-41)21-23-48(8,9)22-20-35(27-44(53)56-12)24-37(51)29-42(60-46(55)32-40)34(4)62-64(15,16)47(5,6)7/h21,23,27-28,34,37-43,51-52H,17-19,24-26,29-33H2,1-16H3/b23-21+,35-27-,36-28-/t34-,37+,38+,39-,40?,41+,42?,43+,50+/m1/s1. The van der Waals surface area contributed by atoms with E-state index in [9.17, 15) is 24.6 Å². The molecule has 0 aromatic heterocycles. The molecule has 0 spiro atoms. The lowest BCUT2D eigenvalue weighted by Crippen LogP contribution is -2.62. The Morgan fingerprint density at radius 3 is 2.09 bits per heavy atom. The van der Waals surface area contributed by atoms with Gasteiger partial charge >= 0.3 is 17.9 Å². The van der Waals surface area contributed by atoms with Gasteiger partial charge in [0, 0.05) is 61.3 Å². The molecule has 3 aliphatic rings. The van der Waals surface area contributed by atoms with Crippen molar-refractivity contribution in [1.82, 2.24) is 0 Å². The van der Waals surface area contributed by atoms with Crippen LogP contribution in [0.2, 0.25) is 36.3 Å². The number of hydrogen-bond donors (Lipinski definition) is 2. The molecule has 0 radical (unpaired) electrons. The van der Waals surface area contributed by atoms with Crippen LogP contribution in [0.3, 0.4) is 0 Å². The molecule has 0 aromatic rings. The number of hydrogen-bond acceptors (Lipinski definition) is 13. The third kappa shape index (κ3) is 15.7. The number of carbonyl (C=O) groups excluding carboxylic acids is 3. The molecule has 0 aliphatic carbocycles. The zero-order valence-electron chi connectivity index (χ0n) is 42.6. The summed E-state index contributed by atoms with van der Waals surface area (Å²) in [5.41, 5.74) is -0.474. The van der Waals surface area contributed by atoms with E-state index in [2.05, 4.69) is 66.5 Å². The predicted octanol–water partition coefficient (Wildman–Crippen LogP) is 8.87. The monoisotopic (exact) mass is 949 g/mol. The molecule has 3 rings (SSSR count). The highest BCUT2D eigenvalue weighted by Gasteiger charge is 2.58. The molecule has 2 unspecified atom stereocenters. The minimum atomic E-state index is -2.38. The zero-order chi connectivity index (χ0) is 49.2. The van der Waals surface area contributed by atoms with Gasteiger partial charge < -0.3 is 47.5 Å². The molecule has 370 valence electrons. The Kier molecular flexibility index (Phi) is 20.6. The van der Waals surface area contributed by atoms with Crippen LogP contribution in [-0.2, 0) is 51.7 Å². The van der Waals surface area contributed by atoms with Gasteiger partial charge in [0.05, 0.1) is 63.4 Å². The molecule has 15 heteroatoms. The quantitative estimate of drug-likeness (QED) is 0.0504. The van der Waals surface area contributed by atoms with E-state index < -0.39 is 100.0 Å². The molecule has 0 aromatic carbocycles. The Hall–Kier alpha value is -2.66. The second-order valence-corrected chi connectivity index (χ2v) is 30.5. The topological polar surface area (TPSA) is 166 Å². The number of fused-ring (bicyclic) bond motifs is 4. The van der Waals surface area contributed by atoms with E-state index in [1.165, 1.54) is 26.4 Å². The third-order valence-corrected chi connectivity index (χ3v) is 23.7. The van der Waals surface area contributed by atoms with Crippen molar-refractivity contribution in [3.05, 3.63) is 35.5 Å². The third-order valence-electron chi connectivity index (χ3n) is 14.4. The number of ether oxygens (including phenoxy) is 6. The van der Waals surface area contributed by atoms with Crippen molar-refractivity contribution in [3.8, 4) is 11.8 Å². The lowest BCUT2D eigenvalue weighted by molar-refractivity contribution is -0.357. The van der Waals surface area contributed by atoms with Gasteiger partial charge in [-0.05, 0) is 76.3 Å². The smallest absolute Gasteiger partial charge is 0.331 e. The molecule has 2 fully saturated rings. The summed E-state index contributed by atoms with van der Waals surface area (Å²) in [6, 6.07) is 2.54. The van der Waals surface area contributed by atoms with E-state index in [4.69, 9.17) is 37.3 Å². The normalized spacial score (nSPS) is 31.8. The maximum Gasteiger partial charge on any atom is 0.331 e. The molecule has 13 nitrogen and oxygen atoms in total. The predicted molar refractivity (Wildman–Crippen MR) is 257 cm³/mol. The number of rotatable bonds is 11. The summed E-state index contributed by atoms with van der Waals surface area (Å²) in [4.78, 5) is 39.6. The van der Waals surface area contributed by atoms with E-state index >= 15 is 0 Å². The summed E-state index contributed by atoms with van der Waals surface area (Å²) in [7, 11) is -0.506. The molecule has 65 heavy (non-hydrogen) atoms. The van der Waals surface area contributed by atoms with Crippen molar-refractivity contribution in [2.24, 2.45) is 10.8 Å². The summed E-state index contributed by atoms with van der Waals surface area (Å²) >= 11 is 0. The van der Waals surface area contributed by atoms with Gasteiger partial charge in [0.15, 0.2) is 22.4 Å². The number of aliphatic hydroxyl groups is 2. The molecular formula is C50H84O13Si2. The summed E-state index contributed by atoms with van der Waals surface area (Å²) in [5, 5.41) is 23.6. The molecule has 0 saturated carbocycles. The number of allylic oxidation sites excluding steroid dienone is 1. The van der Waals surface area contributed by atoms with Crippen LogP contribution in [0.5, 0.6) is 0 Å². The first-order valence-corrected chi connectivity index (χ1v) is 29.1. The van der Waals surface area contributed by atoms with E-state index in [1.807, 2.05) is 46.8 Å². The van der Waals surface area contributed by atoms with Gasteiger partial charge in [0.1, 0.15) is 6.10 Å². The lowest BCUT2D eigenvalue weighted by atomic mass is 9.70. The van der Waals surface area contributed by atoms with E-state index in [1.54, 1.807) is 7.11 Å². The van der Waals surface area contributed by atoms with Gasteiger partial charge in [-0.3, -0.25) is 4.79 Å². The van der Waals surface area contributed by atoms with Crippen LogP contribution in [0, 0.1) is 22.7 Å². The van der Waals surface area contributed by atoms with Crippen molar-refractivity contribution in [1.29, 1.82) is 0 Å². The highest BCUT2D eigenvalue weighted by atomic mass is 28.4. The molecule has 2 saturated heterocycles. The molecule has 3 aliphatic heterocycles. The summed E-state index contributed by atoms with van der Waals surface area (Å²) in [6.45, 7) is 26.6. The van der Waals surface area contributed by atoms with Gasteiger partial charge in [0.25, 0.3) is 0 Å². The van der Waals surface area contributed by atoms with Crippen molar-refractivity contribution in [2.75, 3.05) is 21.3 Å². The fourth-order valence-electron chi connectivity index (χ4n) is 8.83. The molecule has 4 bridgehead atoms. The van der Waals surface area contributed by atoms with Crippen LogP contribution < -0.4 is 0 Å². The molecular weight excluding hydrogens is 865 g/mol. The number of carbonyl (C=O) groups is 3. The Morgan fingerprint density at radius 2 is 1.52 bits per heavy atom. The first kappa shape index (κ1) is 56.7. The van der Waals surface area contributed by atoms with E-state index in [-0.39, 0.29) is 43.6 Å². The number of aliphatic hydroxyl groups excluding tert-OH is 2. The molecule has 2 N–H and O–H groups in total. The van der Waals surface area contributed by atoms with Crippen LogP contribution in [-0.4, -0.2) is 121 Å². The maximum absolute atomic E-state index is 14.4. The van der Waals surface area contributed by atoms with Crippen LogP contribution in [0.1, 0.15) is 128 Å². The van der Waals surface area contributed by atoms with Gasteiger partial charge in [0.2, 0.25) is 0 Å². The van der Waals surface area contributed by atoms with Crippen molar-refractivity contribution in [3.63, 3.8) is 0 Å². The van der Waals surface area contributed by atoms with Crippen LogP contribution in [0.15, 0.2) is 35.5 Å². The summed E-state index contributed by atoms with van der Waals surface area (Å²) < 4.78 is 50.4. The minimum Gasteiger partial charge on any atom is -0.466 e. The molecule has 0 amide bonds. The van der Waals surface area contributed by atoms with Gasteiger partial charge in [-0.25, -0.2) is 9.59 Å². The fraction of sp³-hybridized carbons (Fsp3) is 0.780. The number of esters is 3. The highest BCUT2D eigenvalue weighted by Crippen LogP contribution is 2.50. The van der Waals surface area contributed by atoms with E-state index in [0.717, 1.165) is 23.7 Å². The minimum absolute atomic E-state index is 0.0130. The summed E-state index contributed by atoms with van der Waals surface area (Å²) in [6.07, 6.45) is 2.60. The van der Waals surface area contributed by atoms with Crippen molar-refractivity contribution < 1.29 is 61.9 Å². The van der Waals surface area contributed by atoms with E-state index in [0.29, 0.717) is 18.4 Å². The Balaban J connectivity index is 2.26. The van der Waals surface area contributed by atoms with Crippen molar-refractivity contribution >= 4 is 34.5 Å². The van der Waals surface area contributed by atoms with Crippen LogP contribution in [0.4, 0.5) is 0 Å². The fourth-order valence-corrected chi connectivity index (χ4v) is 13.2. The SMILES string of the molecule is CC[Si](CC)(CC)OC1CC(=O)OC([C@@H](C)O[Si](C)(C)C(C)(C)C)C[C@@H](O)C/C(=C\C(=O)OC)C#CC(C)(C)/C=C/[C@H]2C/C(=C/C(=O)OC)C[C@@H](C[C@]3(OC)O[C@H](C1)C[C@H](O)C3(C)C)O2.